The van der Waals surface area contributed by atoms with E-state index < -0.39 is 6.16 Å². The van der Waals surface area contributed by atoms with Crippen molar-refractivity contribution >= 4 is 6.16 Å². The minimum Gasteiger partial charge on any atom is -0.436 e. The molecule has 0 spiro atoms. The average molecular weight is 134 g/mol. The Morgan fingerprint density at radius 3 is 2.67 bits per heavy atom. The van der Waals surface area contributed by atoms with Gasteiger partial charge in [0.25, 0.3) is 0 Å². The summed E-state index contributed by atoms with van der Waals surface area (Å²) in [7, 11) is 1.22. The molecule has 0 aliphatic rings. The van der Waals surface area contributed by atoms with E-state index in [0.29, 0.717) is 6.61 Å². The first kappa shape index (κ1) is 8.23. The van der Waals surface area contributed by atoms with Gasteiger partial charge in [-0.05, 0) is 6.42 Å². The fourth-order valence-corrected chi connectivity index (χ4v) is 0.207. The summed E-state index contributed by atoms with van der Waals surface area (Å²) in [6, 6.07) is 0. The zero-order valence-electron chi connectivity index (χ0n) is 5.55. The molecule has 0 aromatic rings. The lowest BCUT2D eigenvalue weighted by Crippen LogP contribution is -2.05. The van der Waals surface area contributed by atoms with E-state index >= 15 is 0 Å². The van der Waals surface area contributed by atoms with Crippen LogP contribution in [0.3, 0.4) is 0 Å². The SMILES string of the molecule is CCCOOC(=O)OC. The maximum absolute atomic E-state index is 10.1. The molecule has 4 nitrogen and oxygen atoms in total. The molecule has 0 atom stereocenters. The number of carbonyl (C=O) groups excluding carboxylic acids is 1. The van der Waals surface area contributed by atoms with Crippen molar-refractivity contribution in [2.24, 2.45) is 0 Å². The first-order valence-corrected chi connectivity index (χ1v) is 2.68. The lowest BCUT2D eigenvalue weighted by Gasteiger charge is -1.98. The molecule has 0 aliphatic carbocycles. The Kier molecular flexibility index (Phi) is 4.91. The highest BCUT2D eigenvalue weighted by atomic mass is 17.2. The summed E-state index contributed by atoms with van der Waals surface area (Å²) in [6.45, 7) is 2.30. The zero-order valence-corrected chi connectivity index (χ0v) is 5.55. The summed E-state index contributed by atoms with van der Waals surface area (Å²) in [4.78, 5) is 18.5. The van der Waals surface area contributed by atoms with E-state index in [1.807, 2.05) is 6.92 Å². The Bertz CT molecular complexity index is 81.0. The molecule has 0 fully saturated rings. The summed E-state index contributed by atoms with van der Waals surface area (Å²) in [5.74, 6) is 0. The normalized spacial score (nSPS) is 8.67. The van der Waals surface area contributed by atoms with Gasteiger partial charge in [-0.3, -0.25) is 4.89 Å². The van der Waals surface area contributed by atoms with Crippen LogP contribution in [0, 0.1) is 0 Å². The van der Waals surface area contributed by atoms with E-state index in [0.717, 1.165) is 6.42 Å². The summed E-state index contributed by atoms with van der Waals surface area (Å²) in [5.41, 5.74) is 0. The highest BCUT2D eigenvalue weighted by molar-refractivity contribution is 5.58. The summed E-state index contributed by atoms with van der Waals surface area (Å²) < 4.78 is 4.11. The quantitative estimate of drug-likeness (QED) is 0.251. The molecule has 0 aromatic carbocycles. The number of rotatable bonds is 3. The Hall–Kier alpha value is -0.770. The van der Waals surface area contributed by atoms with Crippen LogP contribution >= 0.6 is 0 Å². The lowest BCUT2D eigenvalue weighted by molar-refractivity contribution is -0.252. The van der Waals surface area contributed by atoms with Crippen molar-refractivity contribution in [3.63, 3.8) is 0 Å². The Labute approximate surface area is 53.6 Å². The Morgan fingerprint density at radius 2 is 2.22 bits per heavy atom. The van der Waals surface area contributed by atoms with Gasteiger partial charge >= 0.3 is 6.16 Å². The second-order valence-corrected chi connectivity index (χ2v) is 1.36. The van der Waals surface area contributed by atoms with Gasteiger partial charge in [0.15, 0.2) is 0 Å². The first-order chi connectivity index (χ1) is 4.31. The fraction of sp³-hybridized carbons (Fsp3) is 0.800. The standard InChI is InChI=1S/C5H10O4/c1-3-4-8-9-5(6)7-2/h3-4H2,1-2H3. The van der Waals surface area contributed by atoms with E-state index in [-0.39, 0.29) is 0 Å². The van der Waals surface area contributed by atoms with Crippen LogP contribution in [0.1, 0.15) is 13.3 Å². The van der Waals surface area contributed by atoms with Crippen LogP contribution in [0.2, 0.25) is 0 Å². The summed E-state index contributed by atoms with van der Waals surface area (Å²) >= 11 is 0. The topological polar surface area (TPSA) is 44.8 Å². The molecular formula is C5H10O4. The van der Waals surface area contributed by atoms with Crippen LogP contribution in [0.4, 0.5) is 4.79 Å². The van der Waals surface area contributed by atoms with Gasteiger partial charge in [0.05, 0.1) is 13.7 Å². The molecule has 4 heteroatoms. The van der Waals surface area contributed by atoms with Gasteiger partial charge in [-0.25, -0.2) is 4.79 Å². The van der Waals surface area contributed by atoms with Gasteiger partial charge < -0.3 is 4.74 Å². The average Bonchev–Trinajstić information content (AvgIpc) is 1.89. The third-order valence-corrected chi connectivity index (χ3v) is 0.581. The smallest absolute Gasteiger partial charge is 0.436 e. The number of ether oxygens (including phenoxy) is 1. The molecule has 0 saturated heterocycles. The van der Waals surface area contributed by atoms with Crippen molar-refractivity contribution < 1.29 is 19.3 Å². The molecule has 0 radical (unpaired) electrons. The highest BCUT2D eigenvalue weighted by Gasteiger charge is 1.98. The van der Waals surface area contributed by atoms with Crippen LogP contribution in [-0.4, -0.2) is 19.9 Å². The summed E-state index contributed by atoms with van der Waals surface area (Å²) in [6.07, 6.45) is -0.0137. The molecule has 9 heavy (non-hydrogen) atoms. The van der Waals surface area contributed by atoms with Crippen molar-refractivity contribution in [2.45, 2.75) is 13.3 Å². The van der Waals surface area contributed by atoms with Crippen LogP contribution in [0.5, 0.6) is 0 Å². The Morgan fingerprint density at radius 1 is 1.56 bits per heavy atom. The molecule has 0 bridgehead atoms. The zero-order chi connectivity index (χ0) is 7.11. The van der Waals surface area contributed by atoms with Gasteiger partial charge in [0, 0.05) is 0 Å². The van der Waals surface area contributed by atoms with Crippen LogP contribution in [0.15, 0.2) is 0 Å². The highest BCUT2D eigenvalue weighted by Crippen LogP contribution is 1.85. The van der Waals surface area contributed by atoms with Crippen LogP contribution < -0.4 is 0 Å². The van der Waals surface area contributed by atoms with E-state index in [9.17, 15) is 4.79 Å². The second-order valence-electron chi connectivity index (χ2n) is 1.36. The molecule has 0 aliphatic heterocycles. The van der Waals surface area contributed by atoms with E-state index in [2.05, 4.69) is 14.5 Å². The molecule has 0 heterocycles. The third-order valence-electron chi connectivity index (χ3n) is 0.581. The van der Waals surface area contributed by atoms with E-state index in [4.69, 9.17) is 0 Å². The molecule has 0 unspecified atom stereocenters. The predicted octanol–water partition coefficient (Wildman–Crippen LogP) is 1.11. The molecule has 54 valence electrons. The van der Waals surface area contributed by atoms with Crippen molar-refractivity contribution in [3.05, 3.63) is 0 Å². The maximum Gasteiger partial charge on any atom is 0.540 e. The number of methoxy groups -OCH3 is 1. The van der Waals surface area contributed by atoms with E-state index in [1.165, 1.54) is 7.11 Å². The molecule has 0 aromatic heterocycles. The molecular weight excluding hydrogens is 124 g/mol. The number of hydrogen-bond donors (Lipinski definition) is 0. The van der Waals surface area contributed by atoms with E-state index in [1.54, 1.807) is 0 Å². The summed E-state index contributed by atoms with van der Waals surface area (Å²) in [5, 5.41) is 0. The second kappa shape index (κ2) is 5.37. The van der Waals surface area contributed by atoms with Gasteiger partial charge in [-0.2, -0.15) is 4.89 Å². The van der Waals surface area contributed by atoms with Gasteiger partial charge in [0.1, 0.15) is 0 Å². The third kappa shape index (κ3) is 5.10. The van der Waals surface area contributed by atoms with Gasteiger partial charge in [-0.1, -0.05) is 6.92 Å². The number of hydrogen-bond acceptors (Lipinski definition) is 4. The predicted molar refractivity (Wildman–Crippen MR) is 29.7 cm³/mol. The lowest BCUT2D eigenvalue weighted by atomic mass is 10.5. The molecule has 0 amide bonds. The largest absolute Gasteiger partial charge is 0.540 e. The van der Waals surface area contributed by atoms with Gasteiger partial charge in [-0.15, -0.1) is 0 Å². The van der Waals surface area contributed by atoms with Crippen LogP contribution in [-0.2, 0) is 14.5 Å². The van der Waals surface area contributed by atoms with Crippen molar-refractivity contribution in [1.29, 1.82) is 0 Å². The Balaban J connectivity index is 2.97. The molecule has 0 N–H and O–H groups in total. The first-order valence-electron chi connectivity index (χ1n) is 2.68. The van der Waals surface area contributed by atoms with Crippen LogP contribution in [0.25, 0.3) is 0 Å². The number of carbonyl (C=O) groups is 1. The minimum absolute atomic E-state index is 0.398. The monoisotopic (exact) mass is 134 g/mol. The van der Waals surface area contributed by atoms with Crippen molar-refractivity contribution in [1.82, 2.24) is 0 Å². The molecule has 0 rings (SSSR count). The molecule has 0 saturated carbocycles. The fourth-order valence-electron chi connectivity index (χ4n) is 0.207. The van der Waals surface area contributed by atoms with Crippen molar-refractivity contribution in [2.75, 3.05) is 13.7 Å². The maximum atomic E-state index is 10.1. The van der Waals surface area contributed by atoms with Gasteiger partial charge in [0.2, 0.25) is 0 Å². The minimum atomic E-state index is -0.816. The van der Waals surface area contributed by atoms with Crippen molar-refractivity contribution in [3.8, 4) is 0 Å².